The first-order valence-electron chi connectivity index (χ1n) is 6.85. The fourth-order valence-corrected chi connectivity index (χ4v) is 2.19. The average molecular weight is 355 g/mol. The zero-order chi connectivity index (χ0) is 16.8. The second-order valence-electron chi connectivity index (χ2n) is 4.66. The Kier molecular flexibility index (Phi) is 6.15. The van der Waals surface area contributed by atoms with Gasteiger partial charge in [-0.3, -0.25) is 4.79 Å². The summed E-state index contributed by atoms with van der Waals surface area (Å²) in [6.45, 7) is 2.82. The average Bonchev–Trinajstić information content (AvgIpc) is 2.51. The molecule has 23 heavy (non-hydrogen) atoms. The monoisotopic (exact) mass is 354 g/mol. The van der Waals surface area contributed by atoms with Gasteiger partial charge in [-0.05, 0) is 19.1 Å². The van der Waals surface area contributed by atoms with Crippen LogP contribution in [0.4, 0.5) is 11.5 Å². The summed E-state index contributed by atoms with van der Waals surface area (Å²) in [4.78, 5) is 20.7. The highest BCUT2D eigenvalue weighted by Crippen LogP contribution is 2.29. The van der Waals surface area contributed by atoms with Gasteiger partial charge in [-0.2, -0.15) is 0 Å². The fourth-order valence-electron chi connectivity index (χ4n) is 1.84. The van der Waals surface area contributed by atoms with E-state index < -0.39 is 5.91 Å². The smallest absolute Gasteiger partial charge is 0.274 e. The van der Waals surface area contributed by atoms with Crippen LogP contribution in [0, 0.1) is 6.92 Å². The minimum absolute atomic E-state index is 0.230. The van der Waals surface area contributed by atoms with E-state index in [9.17, 15) is 4.79 Å². The van der Waals surface area contributed by atoms with E-state index in [4.69, 9.17) is 27.9 Å². The third kappa shape index (κ3) is 4.79. The molecule has 1 aromatic carbocycles. The van der Waals surface area contributed by atoms with Gasteiger partial charge in [0.25, 0.3) is 5.91 Å². The summed E-state index contributed by atoms with van der Waals surface area (Å²) in [7, 11) is 1.61. The van der Waals surface area contributed by atoms with Gasteiger partial charge >= 0.3 is 0 Å². The van der Waals surface area contributed by atoms with Crippen molar-refractivity contribution >= 4 is 40.6 Å². The van der Waals surface area contributed by atoms with Gasteiger partial charge < -0.3 is 15.4 Å². The molecule has 0 atom stereocenters. The van der Waals surface area contributed by atoms with Crippen LogP contribution in [0.5, 0.6) is 0 Å². The number of carbonyl (C=O) groups is 1. The number of halogens is 2. The molecule has 6 nitrogen and oxygen atoms in total. The first kappa shape index (κ1) is 17.5. The molecule has 1 aromatic heterocycles. The molecule has 0 fully saturated rings. The van der Waals surface area contributed by atoms with Gasteiger partial charge in [0.05, 0.1) is 22.3 Å². The van der Waals surface area contributed by atoms with Crippen molar-refractivity contribution in [2.75, 3.05) is 30.9 Å². The lowest BCUT2D eigenvalue weighted by Gasteiger charge is -2.10. The number of hydrogen-bond acceptors (Lipinski definition) is 5. The normalized spacial score (nSPS) is 10.4. The van der Waals surface area contributed by atoms with E-state index in [0.29, 0.717) is 35.5 Å². The minimum Gasteiger partial charge on any atom is -0.383 e. The van der Waals surface area contributed by atoms with E-state index in [1.54, 1.807) is 38.3 Å². The van der Waals surface area contributed by atoms with Crippen LogP contribution in [0.2, 0.25) is 10.0 Å². The van der Waals surface area contributed by atoms with Crippen LogP contribution in [0.1, 0.15) is 16.3 Å². The van der Waals surface area contributed by atoms with Crippen molar-refractivity contribution in [3.8, 4) is 0 Å². The van der Waals surface area contributed by atoms with Crippen molar-refractivity contribution in [2.45, 2.75) is 6.92 Å². The van der Waals surface area contributed by atoms with Crippen LogP contribution < -0.4 is 10.6 Å². The Morgan fingerprint density at radius 1 is 1.30 bits per heavy atom. The SMILES string of the molecule is COCCNc1cc(C(=O)Nc2cccc(Cl)c2Cl)nc(C)n1. The van der Waals surface area contributed by atoms with Gasteiger partial charge in [0.15, 0.2) is 0 Å². The highest BCUT2D eigenvalue weighted by Gasteiger charge is 2.13. The highest BCUT2D eigenvalue weighted by atomic mass is 35.5. The van der Waals surface area contributed by atoms with Crippen molar-refractivity contribution < 1.29 is 9.53 Å². The molecule has 0 spiro atoms. The largest absolute Gasteiger partial charge is 0.383 e. The molecular weight excluding hydrogens is 339 g/mol. The molecule has 2 aromatic rings. The Labute approximate surface area is 144 Å². The first-order valence-corrected chi connectivity index (χ1v) is 7.60. The Bertz CT molecular complexity index is 710. The maximum Gasteiger partial charge on any atom is 0.274 e. The van der Waals surface area contributed by atoms with Gasteiger partial charge in [0.2, 0.25) is 0 Å². The third-order valence-corrected chi connectivity index (χ3v) is 3.70. The molecule has 0 bridgehead atoms. The van der Waals surface area contributed by atoms with E-state index in [0.717, 1.165) is 0 Å². The summed E-state index contributed by atoms with van der Waals surface area (Å²) >= 11 is 12.0. The Hall–Kier alpha value is -1.89. The maximum atomic E-state index is 12.4. The van der Waals surface area contributed by atoms with Crippen LogP contribution in [0.25, 0.3) is 0 Å². The molecule has 0 aliphatic heterocycles. The van der Waals surface area contributed by atoms with Crippen LogP contribution >= 0.6 is 23.2 Å². The maximum absolute atomic E-state index is 12.4. The number of rotatable bonds is 6. The molecule has 0 radical (unpaired) electrons. The second-order valence-corrected chi connectivity index (χ2v) is 5.45. The van der Waals surface area contributed by atoms with E-state index in [2.05, 4.69) is 20.6 Å². The lowest BCUT2D eigenvalue weighted by molar-refractivity contribution is 0.102. The second kappa shape index (κ2) is 8.10. The van der Waals surface area contributed by atoms with Crippen molar-refractivity contribution in [1.29, 1.82) is 0 Å². The molecule has 0 aliphatic carbocycles. The highest BCUT2D eigenvalue weighted by molar-refractivity contribution is 6.44. The van der Waals surface area contributed by atoms with Gasteiger partial charge in [0.1, 0.15) is 17.3 Å². The number of methoxy groups -OCH3 is 1. The van der Waals surface area contributed by atoms with Gasteiger partial charge in [-0.1, -0.05) is 29.3 Å². The van der Waals surface area contributed by atoms with E-state index in [-0.39, 0.29) is 10.7 Å². The summed E-state index contributed by atoms with van der Waals surface area (Å²) in [5, 5.41) is 6.40. The molecule has 0 unspecified atom stereocenters. The summed E-state index contributed by atoms with van der Waals surface area (Å²) < 4.78 is 4.96. The van der Waals surface area contributed by atoms with Crippen molar-refractivity contribution in [1.82, 2.24) is 9.97 Å². The lowest BCUT2D eigenvalue weighted by Crippen LogP contribution is -2.17. The zero-order valence-electron chi connectivity index (χ0n) is 12.7. The number of aryl methyl sites for hydroxylation is 1. The summed E-state index contributed by atoms with van der Waals surface area (Å²) in [6, 6.07) is 6.58. The summed E-state index contributed by atoms with van der Waals surface area (Å²) in [6.07, 6.45) is 0. The number of nitrogens with one attached hydrogen (secondary N) is 2. The van der Waals surface area contributed by atoms with Gasteiger partial charge in [0, 0.05) is 19.7 Å². The number of aromatic nitrogens is 2. The lowest BCUT2D eigenvalue weighted by atomic mass is 10.3. The number of ether oxygens (including phenoxy) is 1. The Morgan fingerprint density at radius 2 is 2.09 bits per heavy atom. The van der Waals surface area contributed by atoms with Crippen molar-refractivity contribution in [2.24, 2.45) is 0 Å². The van der Waals surface area contributed by atoms with E-state index >= 15 is 0 Å². The van der Waals surface area contributed by atoms with Crippen LogP contribution in [0.15, 0.2) is 24.3 Å². The van der Waals surface area contributed by atoms with Gasteiger partial charge in [-0.15, -0.1) is 0 Å². The van der Waals surface area contributed by atoms with Gasteiger partial charge in [-0.25, -0.2) is 9.97 Å². The number of carbonyl (C=O) groups excluding carboxylic acids is 1. The summed E-state index contributed by atoms with van der Waals surface area (Å²) in [5.74, 6) is 0.640. The van der Waals surface area contributed by atoms with Crippen molar-refractivity contribution in [3.05, 3.63) is 45.8 Å². The standard InChI is InChI=1S/C15H16Cl2N4O2/c1-9-19-12(8-13(20-9)18-6-7-23-2)15(22)21-11-5-3-4-10(16)14(11)17/h3-5,8H,6-7H2,1-2H3,(H,21,22)(H,18,19,20). The molecule has 2 rings (SSSR count). The quantitative estimate of drug-likeness (QED) is 0.777. The molecular formula is C15H16Cl2N4O2. The predicted molar refractivity (Wildman–Crippen MR) is 91.5 cm³/mol. The zero-order valence-corrected chi connectivity index (χ0v) is 14.2. The number of nitrogens with zero attached hydrogens (tertiary/aromatic N) is 2. The van der Waals surface area contributed by atoms with Crippen LogP contribution in [-0.2, 0) is 4.74 Å². The Morgan fingerprint density at radius 3 is 2.83 bits per heavy atom. The molecule has 0 saturated heterocycles. The first-order chi connectivity index (χ1) is 11.0. The van der Waals surface area contributed by atoms with E-state index in [1.807, 2.05) is 0 Å². The number of anilines is 2. The molecule has 1 heterocycles. The third-order valence-electron chi connectivity index (χ3n) is 2.88. The Balaban J connectivity index is 2.17. The molecule has 1 amide bonds. The molecule has 122 valence electrons. The minimum atomic E-state index is -0.394. The predicted octanol–water partition coefficient (Wildman–Crippen LogP) is 3.40. The van der Waals surface area contributed by atoms with E-state index in [1.165, 1.54) is 0 Å². The van der Waals surface area contributed by atoms with Crippen LogP contribution in [-0.4, -0.2) is 36.1 Å². The number of benzene rings is 1. The topological polar surface area (TPSA) is 76.1 Å². The molecule has 0 aliphatic rings. The fraction of sp³-hybridized carbons (Fsp3) is 0.267. The number of amides is 1. The van der Waals surface area contributed by atoms with Crippen molar-refractivity contribution in [3.63, 3.8) is 0 Å². The molecule has 8 heteroatoms. The number of hydrogen-bond donors (Lipinski definition) is 2. The summed E-state index contributed by atoms with van der Waals surface area (Å²) in [5.41, 5.74) is 0.655. The van der Waals surface area contributed by atoms with Crippen LogP contribution in [0.3, 0.4) is 0 Å². The molecule has 2 N–H and O–H groups in total. The molecule has 0 saturated carbocycles.